The molecule has 1 aromatic carbocycles. The molecule has 0 aromatic heterocycles. The maximum absolute atomic E-state index is 13.0. The number of carbonyl (C=O) groups excluding carboxylic acids is 1. The molecule has 2 amide bonds. The lowest BCUT2D eigenvalue weighted by molar-refractivity contribution is 0.175. The molecule has 2 fully saturated rings. The van der Waals surface area contributed by atoms with Gasteiger partial charge >= 0.3 is 6.03 Å². The third-order valence-electron chi connectivity index (χ3n) is 4.65. The maximum atomic E-state index is 13.0. The smallest absolute Gasteiger partial charge is 0.315 e. The van der Waals surface area contributed by atoms with Crippen LogP contribution >= 0.6 is 0 Å². The Balaban J connectivity index is 1.66. The Kier molecular flexibility index (Phi) is 3.64. The highest BCUT2D eigenvalue weighted by molar-refractivity contribution is 5.75. The molecule has 0 aliphatic heterocycles. The van der Waals surface area contributed by atoms with Crippen LogP contribution in [0.2, 0.25) is 0 Å². The number of amides is 2. The predicted octanol–water partition coefficient (Wildman–Crippen LogP) is 3.45. The molecule has 2 saturated carbocycles. The molecule has 3 nitrogen and oxygen atoms in total. The number of hydrogen-bond acceptors (Lipinski definition) is 1. The highest BCUT2D eigenvalue weighted by Crippen LogP contribution is 2.41. The summed E-state index contributed by atoms with van der Waals surface area (Å²) in [6, 6.07) is 6.73. The van der Waals surface area contributed by atoms with Crippen LogP contribution in [0.5, 0.6) is 0 Å². The van der Waals surface area contributed by atoms with Gasteiger partial charge in [-0.25, -0.2) is 9.18 Å². The fraction of sp³-hybridized carbons (Fsp3) is 0.562. The minimum absolute atomic E-state index is 0.0825. The SMILES string of the molecule is O=C(NC1CCCC1)NC1(c2ccc(F)cc2)CCC1. The number of rotatable bonds is 3. The van der Waals surface area contributed by atoms with E-state index in [0.29, 0.717) is 6.04 Å². The molecule has 3 rings (SSSR count). The van der Waals surface area contributed by atoms with E-state index in [-0.39, 0.29) is 17.4 Å². The number of urea groups is 1. The fourth-order valence-electron chi connectivity index (χ4n) is 3.29. The number of halogens is 1. The Bertz CT molecular complexity index is 476. The Labute approximate surface area is 118 Å². The molecule has 0 radical (unpaired) electrons. The summed E-state index contributed by atoms with van der Waals surface area (Å²) in [7, 11) is 0. The van der Waals surface area contributed by atoms with E-state index >= 15 is 0 Å². The van der Waals surface area contributed by atoms with E-state index < -0.39 is 0 Å². The van der Waals surface area contributed by atoms with Crippen molar-refractivity contribution in [3.63, 3.8) is 0 Å². The maximum Gasteiger partial charge on any atom is 0.315 e. The second-order valence-corrected chi connectivity index (χ2v) is 6.02. The summed E-state index contributed by atoms with van der Waals surface area (Å²) in [5.41, 5.74) is 0.711. The molecule has 0 atom stereocenters. The third-order valence-corrected chi connectivity index (χ3v) is 4.65. The first-order valence-electron chi connectivity index (χ1n) is 7.53. The van der Waals surface area contributed by atoms with Crippen molar-refractivity contribution in [2.45, 2.75) is 56.5 Å². The molecular formula is C16H21FN2O. The van der Waals surface area contributed by atoms with E-state index in [1.807, 2.05) is 0 Å². The van der Waals surface area contributed by atoms with Gasteiger partial charge in [0.15, 0.2) is 0 Å². The molecule has 0 spiro atoms. The van der Waals surface area contributed by atoms with Gasteiger partial charge in [0, 0.05) is 6.04 Å². The quantitative estimate of drug-likeness (QED) is 0.872. The highest BCUT2D eigenvalue weighted by atomic mass is 19.1. The van der Waals surface area contributed by atoms with Crippen LogP contribution in [0, 0.1) is 5.82 Å². The normalized spacial score (nSPS) is 21.2. The summed E-state index contributed by atoms with van der Waals surface area (Å²) < 4.78 is 13.0. The van der Waals surface area contributed by atoms with Gasteiger partial charge in [-0.15, -0.1) is 0 Å². The second kappa shape index (κ2) is 5.43. The van der Waals surface area contributed by atoms with E-state index in [1.165, 1.54) is 25.0 Å². The zero-order valence-electron chi connectivity index (χ0n) is 11.6. The fourth-order valence-corrected chi connectivity index (χ4v) is 3.29. The molecule has 0 unspecified atom stereocenters. The minimum atomic E-state index is -0.295. The van der Waals surface area contributed by atoms with Crippen molar-refractivity contribution < 1.29 is 9.18 Å². The largest absolute Gasteiger partial charge is 0.335 e. The molecule has 0 saturated heterocycles. The van der Waals surface area contributed by atoms with Gasteiger partial charge in [0.25, 0.3) is 0 Å². The molecule has 0 bridgehead atoms. The van der Waals surface area contributed by atoms with Crippen molar-refractivity contribution in [2.75, 3.05) is 0 Å². The van der Waals surface area contributed by atoms with E-state index in [2.05, 4.69) is 10.6 Å². The molecule has 1 aromatic rings. The van der Waals surface area contributed by atoms with Gasteiger partial charge in [0.05, 0.1) is 5.54 Å². The van der Waals surface area contributed by atoms with Crippen molar-refractivity contribution in [2.24, 2.45) is 0 Å². The van der Waals surface area contributed by atoms with Crippen LogP contribution in [0.15, 0.2) is 24.3 Å². The van der Waals surface area contributed by atoms with Gasteiger partial charge in [0.1, 0.15) is 5.82 Å². The number of carbonyl (C=O) groups is 1. The molecule has 20 heavy (non-hydrogen) atoms. The zero-order chi connectivity index (χ0) is 14.0. The molecule has 2 aliphatic rings. The first kappa shape index (κ1) is 13.4. The first-order valence-corrected chi connectivity index (χ1v) is 7.53. The zero-order valence-corrected chi connectivity index (χ0v) is 11.6. The minimum Gasteiger partial charge on any atom is -0.335 e. The van der Waals surface area contributed by atoms with Crippen molar-refractivity contribution >= 4 is 6.03 Å². The van der Waals surface area contributed by atoms with E-state index in [4.69, 9.17) is 0 Å². The molecular weight excluding hydrogens is 255 g/mol. The van der Waals surface area contributed by atoms with Crippen LogP contribution in [0.4, 0.5) is 9.18 Å². The van der Waals surface area contributed by atoms with Crippen LogP contribution < -0.4 is 10.6 Å². The van der Waals surface area contributed by atoms with Crippen molar-refractivity contribution in [1.82, 2.24) is 10.6 Å². The Morgan fingerprint density at radius 1 is 1.10 bits per heavy atom. The molecule has 108 valence electrons. The Morgan fingerprint density at radius 3 is 2.30 bits per heavy atom. The van der Waals surface area contributed by atoms with Gasteiger partial charge in [-0.3, -0.25) is 0 Å². The summed E-state index contributed by atoms with van der Waals surface area (Å²) in [5.74, 6) is -0.237. The van der Waals surface area contributed by atoms with Crippen molar-refractivity contribution in [3.8, 4) is 0 Å². The third kappa shape index (κ3) is 2.65. The van der Waals surface area contributed by atoms with Gasteiger partial charge in [0.2, 0.25) is 0 Å². The Morgan fingerprint density at radius 2 is 1.75 bits per heavy atom. The average Bonchev–Trinajstić information content (AvgIpc) is 2.88. The highest BCUT2D eigenvalue weighted by Gasteiger charge is 2.40. The van der Waals surface area contributed by atoms with Gasteiger partial charge < -0.3 is 10.6 Å². The van der Waals surface area contributed by atoms with Gasteiger partial charge in [-0.1, -0.05) is 25.0 Å². The summed E-state index contributed by atoms with van der Waals surface area (Å²) in [4.78, 5) is 12.2. The summed E-state index contributed by atoms with van der Waals surface area (Å²) in [6.07, 6.45) is 7.52. The predicted molar refractivity (Wildman–Crippen MR) is 75.9 cm³/mol. The lowest BCUT2D eigenvalue weighted by atomic mass is 9.72. The van der Waals surface area contributed by atoms with Crippen LogP contribution in [0.1, 0.15) is 50.5 Å². The number of hydrogen-bond donors (Lipinski definition) is 2. The molecule has 2 N–H and O–H groups in total. The first-order chi connectivity index (χ1) is 9.68. The Hall–Kier alpha value is -1.58. The summed E-state index contributed by atoms with van der Waals surface area (Å²) in [6.45, 7) is 0. The molecule has 0 heterocycles. The van der Waals surface area contributed by atoms with E-state index in [9.17, 15) is 9.18 Å². The van der Waals surface area contributed by atoms with E-state index in [0.717, 1.165) is 37.7 Å². The van der Waals surface area contributed by atoms with Crippen molar-refractivity contribution in [3.05, 3.63) is 35.6 Å². The average molecular weight is 276 g/mol. The second-order valence-electron chi connectivity index (χ2n) is 6.02. The topological polar surface area (TPSA) is 41.1 Å². The standard InChI is InChI=1S/C16H21FN2O/c17-13-8-6-12(7-9-13)16(10-3-11-16)19-15(20)18-14-4-1-2-5-14/h6-9,14H,1-5,10-11H2,(H2,18,19,20). The monoisotopic (exact) mass is 276 g/mol. The summed E-state index contributed by atoms with van der Waals surface area (Å²) in [5, 5.41) is 6.18. The lowest BCUT2D eigenvalue weighted by Gasteiger charge is -2.43. The number of nitrogens with one attached hydrogen (secondary N) is 2. The molecule has 2 aliphatic carbocycles. The van der Waals surface area contributed by atoms with Crippen LogP contribution in [-0.4, -0.2) is 12.1 Å². The van der Waals surface area contributed by atoms with Crippen LogP contribution in [0.25, 0.3) is 0 Å². The van der Waals surface area contributed by atoms with E-state index in [1.54, 1.807) is 12.1 Å². The van der Waals surface area contributed by atoms with Crippen LogP contribution in [-0.2, 0) is 5.54 Å². The van der Waals surface area contributed by atoms with Crippen molar-refractivity contribution in [1.29, 1.82) is 0 Å². The van der Waals surface area contributed by atoms with Gasteiger partial charge in [-0.05, 0) is 49.8 Å². The number of benzene rings is 1. The lowest BCUT2D eigenvalue weighted by Crippen LogP contribution is -2.55. The summed E-state index contributed by atoms with van der Waals surface area (Å²) >= 11 is 0. The van der Waals surface area contributed by atoms with Gasteiger partial charge in [-0.2, -0.15) is 0 Å². The van der Waals surface area contributed by atoms with Crippen LogP contribution in [0.3, 0.4) is 0 Å². The molecule has 4 heteroatoms.